The minimum absolute atomic E-state index is 0.170. The van der Waals surface area contributed by atoms with E-state index in [4.69, 9.17) is 0 Å². The SMILES string of the molecule is CNCc1ccnc(N2CCC(C(C)C)C2)c1F. The molecule has 3 nitrogen and oxygen atoms in total. The van der Waals surface area contributed by atoms with E-state index >= 15 is 0 Å². The summed E-state index contributed by atoms with van der Waals surface area (Å²) in [6, 6.07) is 1.74. The van der Waals surface area contributed by atoms with Crippen LogP contribution in [0.1, 0.15) is 25.8 Å². The Balaban J connectivity index is 2.17. The Bertz CT molecular complexity index is 406. The molecule has 0 saturated carbocycles. The van der Waals surface area contributed by atoms with Crippen molar-refractivity contribution >= 4 is 5.82 Å². The lowest BCUT2D eigenvalue weighted by Crippen LogP contribution is -2.24. The summed E-state index contributed by atoms with van der Waals surface area (Å²) in [5, 5.41) is 2.98. The van der Waals surface area contributed by atoms with Crippen molar-refractivity contribution in [1.82, 2.24) is 10.3 Å². The largest absolute Gasteiger partial charge is 0.354 e. The summed E-state index contributed by atoms with van der Waals surface area (Å²) in [5.41, 5.74) is 0.690. The Hall–Kier alpha value is -1.16. The number of pyridine rings is 1. The number of nitrogens with one attached hydrogen (secondary N) is 1. The van der Waals surface area contributed by atoms with Crippen LogP contribution in [0.5, 0.6) is 0 Å². The lowest BCUT2D eigenvalue weighted by molar-refractivity contribution is 0.422. The van der Waals surface area contributed by atoms with Crippen LogP contribution in [0.15, 0.2) is 12.3 Å². The van der Waals surface area contributed by atoms with Gasteiger partial charge in [0.25, 0.3) is 0 Å². The molecule has 0 amide bonds. The van der Waals surface area contributed by atoms with Crippen LogP contribution in [-0.2, 0) is 6.54 Å². The van der Waals surface area contributed by atoms with Gasteiger partial charge in [0.15, 0.2) is 11.6 Å². The summed E-state index contributed by atoms with van der Waals surface area (Å²) in [7, 11) is 1.82. The number of anilines is 1. The first-order valence-corrected chi connectivity index (χ1v) is 6.66. The van der Waals surface area contributed by atoms with Crippen LogP contribution < -0.4 is 10.2 Å². The molecule has 0 aromatic carbocycles. The zero-order valence-corrected chi connectivity index (χ0v) is 11.4. The van der Waals surface area contributed by atoms with Gasteiger partial charge in [-0.25, -0.2) is 9.37 Å². The van der Waals surface area contributed by atoms with E-state index in [1.165, 1.54) is 0 Å². The molecule has 0 bridgehead atoms. The molecule has 1 atom stereocenters. The summed E-state index contributed by atoms with van der Waals surface area (Å²) < 4.78 is 14.3. The van der Waals surface area contributed by atoms with Crippen LogP contribution >= 0.6 is 0 Å². The number of nitrogens with zero attached hydrogens (tertiary/aromatic N) is 2. The number of halogens is 1. The van der Waals surface area contributed by atoms with Crippen LogP contribution in [0, 0.1) is 17.7 Å². The zero-order chi connectivity index (χ0) is 13.1. The normalized spacial score (nSPS) is 19.8. The fraction of sp³-hybridized carbons (Fsp3) is 0.643. The van der Waals surface area contributed by atoms with Crippen molar-refractivity contribution in [2.45, 2.75) is 26.8 Å². The number of rotatable bonds is 4. The average molecular weight is 251 g/mol. The molecule has 2 rings (SSSR count). The van der Waals surface area contributed by atoms with Crippen molar-refractivity contribution < 1.29 is 4.39 Å². The Morgan fingerprint density at radius 1 is 1.56 bits per heavy atom. The van der Waals surface area contributed by atoms with Crippen molar-refractivity contribution in [3.63, 3.8) is 0 Å². The van der Waals surface area contributed by atoms with Crippen molar-refractivity contribution in [3.05, 3.63) is 23.6 Å². The molecule has 100 valence electrons. The molecule has 1 aliphatic rings. The lowest BCUT2D eigenvalue weighted by atomic mass is 9.95. The zero-order valence-electron chi connectivity index (χ0n) is 11.4. The van der Waals surface area contributed by atoms with Gasteiger partial charge < -0.3 is 10.2 Å². The fourth-order valence-electron chi connectivity index (χ4n) is 2.54. The first kappa shape index (κ1) is 13.3. The lowest BCUT2D eigenvalue weighted by Gasteiger charge is -2.20. The maximum atomic E-state index is 14.3. The van der Waals surface area contributed by atoms with Crippen LogP contribution in [-0.4, -0.2) is 25.1 Å². The molecule has 1 aliphatic heterocycles. The molecular weight excluding hydrogens is 229 g/mol. The van der Waals surface area contributed by atoms with E-state index in [1.807, 2.05) is 7.05 Å². The molecule has 1 N–H and O–H groups in total. The van der Waals surface area contributed by atoms with Gasteiger partial charge in [-0.05, 0) is 31.4 Å². The van der Waals surface area contributed by atoms with E-state index in [9.17, 15) is 4.39 Å². The predicted octanol–water partition coefficient (Wildman–Crippen LogP) is 2.42. The molecular formula is C14H22FN3. The monoisotopic (exact) mass is 251 g/mol. The molecule has 1 aromatic rings. The number of hydrogen-bond donors (Lipinski definition) is 1. The molecule has 0 aliphatic carbocycles. The van der Waals surface area contributed by atoms with Gasteiger partial charge in [0.05, 0.1) is 0 Å². The smallest absolute Gasteiger partial charge is 0.170 e. The highest BCUT2D eigenvalue weighted by atomic mass is 19.1. The summed E-state index contributed by atoms with van der Waals surface area (Å²) in [4.78, 5) is 6.30. The first-order chi connectivity index (χ1) is 8.63. The molecule has 2 heterocycles. The highest BCUT2D eigenvalue weighted by molar-refractivity contribution is 5.44. The van der Waals surface area contributed by atoms with Gasteiger partial charge in [0.2, 0.25) is 0 Å². The molecule has 1 aromatic heterocycles. The van der Waals surface area contributed by atoms with Crippen molar-refractivity contribution in [3.8, 4) is 0 Å². The molecule has 4 heteroatoms. The Morgan fingerprint density at radius 2 is 2.33 bits per heavy atom. The molecule has 0 spiro atoms. The second kappa shape index (κ2) is 5.65. The van der Waals surface area contributed by atoms with E-state index in [0.29, 0.717) is 29.8 Å². The van der Waals surface area contributed by atoms with E-state index in [1.54, 1.807) is 12.3 Å². The number of hydrogen-bond acceptors (Lipinski definition) is 3. The van der Waals surface area contributed by atoms with Crippen molar-refractivity contribution in [2.75, 3.05) is 25.0 Å². The minimum atomic E-state index is -0.170. The fourth-order valence-corrected chi connectivity index (χ4v) is 2.54. The van der Waals surface area contributed by atoms with E-state index < -0.39 is 0 Å². The minimum Gasteiger partial charge on any atom is -0.354 e. The van der Waals surface area contributed by atoms with Crippen molar-refractivity contribution in [2.24, 2.45) is 11.8 Å². The van der Waals surface area contributed by atoms with E-state index in [0.717, 1.165) is 19.5 Å². The van der Waals surface area contributed by atoms with Gasteiger partial charge in [-0.15, -0.1) is 0 Å². The standard InChI is InChI=1S/C14H22FN3/c1-10(2)12-5-7-18(9-12)14-13(15)11(8-16-3)4-6-17-14/h4,6,10,12,16H,5,7-9H2,1-3H3. The van der Waals surface area contributed by atoms with Crippen molar-refractivity contribution in [1.29, 1.82) is 0 Å². The van der Waals surface area contributed by atoms with Crippen LogP contribution in [0.25, 0.3) is 0 Å². The Labute approximate surface area is 108 Å². The number of aromatic nitrogens is 1. The van der Waals surface area contributed by atoms with Crippen LogP contribution in [0.4, 0.5) is 10.2 Å². The second-order valence-corrected chi connectivity index (χ2v) is 5.38. The average Bonchev–Trinajstić information content (AvgIpc) is 2.81. The van der Waals surface area contributed by atoms with Gasteiger partial charge in [-0.1, -0.05) is 13.8 Å². The highest BCUT2D eigenvalue weighted by Crippen LogP contribution is 2.29. The first-order valence-electron chi connectivity index (χ1n) is 6.66. The van der Waals surface area contributed by atoms with Crippen LogP contribution in [0.3, 0.4) is 0 Å². The third-order valence-corrected chi connectivity index (χ3v) is 3.79. The maximum Gasteiger partial charge on any atom is 0.170 e. The Kier molecular flexibility index (Phi) is 4.17. The maximum absolute atomic E-state index is 14.3. The van der Waals surface area contributed by atoms with Gasteiger partial charge in [-0.2, -0.15) is 0 Å². The molecule has 1 saturated heterocycles. The van der Waals surface area contributed by atoms with E-state index in [-0.39, 0.29) is 5.82 Å². The molecule has 0 radical (unpaired) electrons. The predicted molar refractivity (Wildman–Crippen MR) is 72.1 cm³/mol. The highest BCUT2D eigenvalue weighted by Gasteiger charge is 2.27. The van der Waals surface area contributed by atoms with Crippen LogP contribution in [0.2, 0.25) is 0 Å². The van der Waals surface area contributed by atoms with E-state index in [2.05, 4.69) is 29.0 Å². The summed E-state index contributed by atoms with van der Waals surface area (Å²) >= 11 is 0. The topological polar surface area (TPSA) is 28.2 Å². The molecule has 1 fully saturated rings. The van der Waals surface area contributed by atoms with Gasteiger partial charge in [-0.3, -0.25) is 0 Å². The Morgan fingerprint density at radius 3 is 2.94 bits per heavy atom. The second-order valence-electron chi connectivity index (χ2n) is 5.38. The molecule has 1 unspecified atom stereocenters. The summed E-state index contributed by atoms with van der Waals surface area (Å²) in [6.45, 7) is 6.84. The quantitative estimate of drug-likeness (QED) is 0.890. The van der Waals surface area contributed by atoms with Gasteiger partial charge in [0, 0.05) is 31.4 Å². The van der Waals surface area contributed by atoms with Gasteiger partial charge >= 0.3 is 0 Å². The molecule has 18 heavy (non-hydrogen) atoms. The summed E-state index contributed by atoms with van der Waals surface area (Å²) in [5.74, 6) is 1.65. The summed E-state index contributed by atoms with van der Waals surface area (Å²) in [6.07, 6.45) is 2.84. The third kappa shape index (κ3) is 2.64. The van der Waals surface area contributed by atoms with Gasteiger partial charge in [0.1, 0.15) is 0 Å². The third-order valence-electron chi connectivity index (χ3n) is 3.79.